The molecule has 0 aliphatic carbocycles. The van der Waals surface area contributed by atoms with Crippen molar-refractivity contribution in [2.75, 3.05) is 14.2 Å². The molecule has 1 heterocycles. The van der Waals surface area contributed by atoms with Crippen molar-refractivity contribution in [3.63, 3.8) is 0 Å². The fourth-order valence-electron chi connectivity index (χ4n) is 2.21. The number of benzene rings is 1. The molecule has 4 heteroatoms. The molecule has 2 rings (SSSR count). The van der Waals surface area contributed by atoms with E-state index in [1.54, 1.807) is 20.3 Å². The van der Waals surface area contributed by atoms with Gasteiger partial charge in [-0.05, 0) is 30.2 Å². The molecule has 19 heavy (non-hydrogen) atoms. The predicted molar refractivity (Wildman–Crippen MR) is 72.5 cm³/mol. The van der Waals surface area contributed by atoms with Gasteiger partial charge >= 0.3 is 0 Å². The summed E-state index contributed by atoms with van der Waals surface area (Å²) in [7, 11) is 3.21. The Morgan fingerprint density at radius 1 is 1.26 bits per heavy atom. The number of ether oxygens (including phenoxy) is 2. The van der Waals surface area contributed by atoms with Gasteiger partial charge in [-0.1, -0.05) is 0 Å². The first-order valence-electron chi connectivity index (χ1n) is 5.96. The fraction of sp³-hybridized carbons (Fsp3) is 0.267. The molecule has 1 aromatic heterocycles. The van der Waals surface area contributed by atoms with Crippen LogP contribution in [-0.4, -0.2) is 19.2 Å². The molecule has 2 aromatic rings. The third-order valence-electron chi connectivity index (χ3n) is 3.15. The lowest BCUT2D eigenvalue weighted by molar-refractivity contribution is 0.390. The van der Waals surface area contributed by atoms with Crippen LogP contribution < -0.4 is 9.47 Å². The Balaban J connectivity index is 2.58. The molecule has 0 radical (unpaired) electrons. The van der Waals surface area contributed by atoms with E-state index < -0.39 is 0 Å². The summed E-state index contributed by atoms with van der Waals surface area (Å²) in [5.41, 5.74) is 2.78. The fourth-order valence-corrected chi connectivity index (χ4v) is 2.21. The monoisotopic (exact) mass is 256 g/mol. The lowest BCUT2D eigenvalue weighted by Crippen LogP contribution is -2.03. The summed E-state index contributed by atoms with van der Waals surface area (Å²) >= 11 is 0. The number of rotatable bonds is 4. The summed E-state index contributed by atoms with van der Waals surface area (Å²) < 4.78 is 10.6. The van der Waals surface area contributed by atoms with E-state index in [-0.39, 0.29) is 5.92 Å². The van der Waals surface area contributed by atoms with Crippen LogP contribution in [0.4, 0.5) is 0 Å². The molecule has 0 spiro atoms. The normalized spacial score (nSPS) is 11.7. The second-order valence-electron chi connectivity index (χ2n) is 4.27. The first-order chi connectivity index (χ1) is 9.21. The topological polar surface area (TPSA) is 58.0 Å². The second-order valence-corrected chi connectivity index (χ2v) is 4.27. The standard InChI is InChI=1S/C15H16N2O2/c1-10-6-12(18-2)7-14(19-3)15(10)13(8-16)11-4-5-17-9-11/h4-7,9,13,17H,1-3H3. The zero-order valence-electron chi connectivity index (χ0n) is 11.2. The Bertz CT molecular complexity index is 597. The lowest BCUT2D eigenvalue weighted by Gasteiger charge is -2.17. The van der Waals surface area contributed by atoms with Gasteiger partial charge in [-0.15, -0.1) is 0 Å². The molecule has 0 aliphatic heterocycles. The molecule has 1 atom stereocenters. The minimum atomic E-state index is -0.355. The van der Waals surface area contributed by atoms with Crippen LogP contribution in [0.3, 0.4) is 0 Å². The van der Waals surface area contributed by atoms with Crippen LogP contribution in [0.15, 0.2) is 30.6 Å². The van der Waals surface area contributed by atoms with Gasteiger partial charge in [-0.25, -0.2) is 0 Å². The van der Waals surface area contributed by atoms with Gasteiger partial charge in [0.1, 0.15) is 17.4 Å². The van der Waals surface area contributed by atoms with Gasteiger partial charge in [0.15, 0.2) is 0 Å². The molecule has 1 unspecified atom stereocenters. The Morgan fingerprint density at radius 3 is 2.58 bits per heavy atom. The van der Waals surface area contributed by atoms with Crippen molar-refractivity contribution >= 4 is 0 Å². The largest absolute Gasteiger partial charge is 0.497 e. The average Bonchev–Trinajstić information content (AvgIpc) is 2.94. The molecular weight excluding hydrogens is 240 g/mol. The number of H-pyrrole nitrogens is 1. The van der Waals surface area contributed by atoms with Gasteiger partial charge < -0.3 is 14.5 Å². The highest BCUT2D eigenvalue weighted by Gasteiger charge is 2.21. The molecule has 0 aliphatic rings. The molecular formula is C15H16N2O2. The number of nitriles is 1. The van der Waals surface area contributed by atoms with E-state index in [1.807, 2.05) is 31.5 Å². The minimum Gasteiger partial charge on any atom is -0.497 e. The van der Waals surface area contributed by atoms with Crippen LogP contribution in [-0.2, 0) is 0 Å². The van der Waals surface area contributed by atoms with Crippen LogP contribution in [0, 0.1) is 18.3 Å². The molecule has 1 aromatic carbocycles. The summed E-state index contributed by atoms with van der Waals surface area (Å²) in [6, 6.07) is 7.95. The third-order valence-corrected chi connectivity index (χ3v) is 3.15. The first kappa shape index (κ1) is 13.0. The maximum atomic E-state index is 9.47. The molecule has 0 amide bonds. The molecule has 0 bridgehead atoms. The van der Waals surface area contributed by atoms with Crippen molar-refractivity contribution in [3.8, 4) is 17.6 Å². The van der Waals surface area contributed by atoms with Gasteiger partial charge in [0, 0.05) is 24.0 Å². The van der Waals surface area contributed by atoms with Crippen molar-refractivity contribution < 1.29 is 9.47 Å². The molecule has 1 N–H and O–H groups in total. The number of nitrogens with zero attached hydrogens (tertiary/aromatic N) is 1. The highest BCUT2D eigenvalue weighted by molar-refractivity contribution is 5.53. The maximum Gasteiger partial charge on any atom is 0.127 e. The zero-order chi connectivity index (χ0) is 13.8. The highest BCUT2D eigenvalue weighted by atomic mass is 16.5. The zero-order valence-corrected chi connectivity index (χ0v) is 11.2. The van der Waals surface area contributed by atoms with E-state index in [0.29, 0.717) is 5.75 Å². The highest BCUT2D eigenvalue weighted by Crippen LogP contribution is 2.36. The van der Waals surface area contributed by atoms with E-state index >= 15 is 0 Å². The molecule has 0 saturated heterocycles. The van der Waals surface area contributed by atoms with Crippen LogP contribution >= 0.6 is 0 Å². The van der Waals surface area contributed by atoms with Crippen molar-refractivity contribution in [2.24, 2.45) is 0 Å². The van der Waals surface area contributed by atoms with Crippen LogP contribution in [0.25, 0.3) is 0 Å². The van der Waals surface area contributed by atoms with Gasteiger partial charge in [0.25, 0.3) is 0 Å². The van der Waals surface area contributed by atoms with E-state index in [4.69, 9.17) is 9.47 Å². The quantitative estimate of drug-likeness (QED) is 0.914. The summed E-state index contributed by atoms with van der Waals surface area (Å²) in [5, 5.41) is 9.47. The first-order valence-corrected chi connectivity index (χ1v) is 5.96. The molecule has 0 fully saturated rings. The third kappa shape index (κ3) is 2.41. The number of aromatic amines is 1. The smallest absolute Gasteiger partial charge is 0.127 e. The molecule has 0 saturated carbocycles. The number of hydrogen-bond donors (Lipinski definition) is 1. The van der Waals surface area contributed by atoms with E-state index in [1.165, 1.54) is 0 Å². The van der Waals surface area contributed by atoms with Gasteiger partial charge in [-0.3, -0.25) is 0 Å². The predicted octanol–water partition coefficient (Wildman–Crippen LogP) is 3.00. The van der Waals surface area contributed by atoms with E-state index in [9.17, 15) is 5.26 Å². The van der Waals surface area contributed by atoms with Crippen LogP contribution in [0.1, 0.15) is 22.6 Å². The number of aromatic nitrogens is 1. The van der Waals surface area contributed by atoms with Crippen molar-refractivity contribution in [2.45, 2.75) is 12.8 Å². The second kappa shape index (κ2) is 5.49. The number of hydrogen-bond acceptors (Lipinski definition) is 3. The average molecular weight is 256 g/mol. The Morgan fingerprint density at radius 2 is 2.05 bits per heavy atom. The Hall–Kier alpha value is -2.41. The van der Waals surface area contributed by atoms with Crippen molar-refractivity contribution in [3.05, 3.63) is 47.3 Å². The SMILES string of the molecule is COc1cc(C)c(C(C#N)c2cc[nH]c2)c(OC)c1. The van der Waals surface area contributed by atoms with Crippen LogP contribution in [0.5, 0.6) is 11.5 Å². The van der Waals surface area contributed by atoms with Gasteiger partial charge in [-0.2, -0.15) is 5.26 Å². The van der Waals surface area contributed by atoms with E-state index in [2.05, 4.69) is 11.1 Å². The Kier molecular flexibility index (Phi) is 3.76. The lowest BCUT2D eigenvalue weighted by atomic mass is 9.90. The summed E-state index contributed by atoms with van der Waals surface area (Å²) in [5.74, 6) is 1.04. The van der Waals surface area contributed by atoms with Gasteiger partial charge in [0.2, 0.25) is 0 Å². The maximum absolute atomic E-state index is 9.47. The van der Waals surface area contributed by atoms with Crippen molar-refractivity contribution in [1.29, 1.82) is 5.26 Å². The number of methoxy groups -OCH3 is 2. The van der Waals surface area contributed by atoms with E-state index in [0.717, 1.165) is 22.4 Å². The Labute approximate surface area is 112 Å². The van der Waals surface area contributed by atoms with Crippen LogP contribution in [0.2, 0.25) is 0 Å². The summed E-state index contributed by atoms with van der Waals surface area (Å²) in [6.07, 6.45) is 3.64. The summed E-state index contributed by atoms with van der Waals surface area (Å²) in [4.78, 5) is 2.98. The van der Waals surface area contributed by atoms with Crippen molar-refractivity contribution in [1.82, 2.24) is 4.98 Å². The van der Waals surface area contributed by atoms with Gasteiger partial charge in [0.05, 0.1) is 20.3 Å². The molecule has 98 valence electrons. The minimum absolute atomic E-state index is 0.355. The number of nitrogens with one attached hydrogen (secondary N) is 1. The summed E-state index contributed by atoms with van der Waals surface area (Å²) in [6.45, 7) is 1.96. The molecule has 4 nitrogen and oxygen atoms in total. The number of aryl methyl sites for hydroxylation is 1.